The van der Waals surface area contributed by atoms with E-state index in [0.717, 1.165) is 6.42 Å². The first kappa shape index (κ1) is 12.8. The molecule has 1 heterocycles. The summed E-state index contributed by atoms with van der Waals surface area (Å²) in [5, 5.41) is -0.0603. The molecular formula is C10H15BrCl2O. The second-order valence-electron chi connectivity index (χ2n) is 4.35. The van der Waals surface area contributed by atoms with Gasteiger partial charge in [0.05, 0.1) is 11.0 Å². The van der Waals surface area contributed by atoms with Crippen LogP contribution >= 0.6 is 39.1 Å². The molecule has 1 unspecified atom stereocenters. The Morgan fingerprint density at radius 2 is 2.00 bits per heavy atom. The van der Waals surface area contributed by atoms with E-state index in [1.54, 1.807) is 0 Å². The van der Waals surface area contributed by atoms with Gasteiger partial charge in [-0.25, -0.2) is 0 Å². The Morgan fingerprint density at radius 3 is 2.50 bits per heavy atom. The van der Waals surface area contributed by atoms with E-state index in [1.807, 2.05) is 13.0 Å². The zero-order chi connectivity index (χ0) is 11.0. The molecule has 82 valence electrons. The fourth-order valence-corrected chi connectivity index (χ4v) is 2.89. The number of hydrogen-bond acceptors (Lipinski definition) is 1. The maximum absolute atomic E-state index is 6.26. The van der Waals surface area contributed by atoms with Gasteiger partial charge in [0.25, 0.3) is 0 Å². The summed E-state index contributed by atoms with van der Waals surface area (Å²) in [5.74, 6) is 0. The Bertz CT molecular complexity index is 242. The van der Waals surface area contributed by atoms with Gasteiger partial charge in [-0.2, -0.15) is 0 Å². The van der Waals surface area contributed by atoms with E-state index < -0.39 is 5.60 Å². The van der Waals surface area contributed by atoms with E-state index in [-0.39, 0.29) is 15.8 Å². The van der Waals surface area contributed by atoms with E-state index >= 15 is 0 Å². The van der Waals surface area contributed by atoms with Gasteiger partial charge in [-0.3, -0.25) is 0 Å². The number of hydrogen-bond donors (Lipinski definition) is 0. The fourth-order valence-electron chi connectivity index (χ4n) is 1.66. The Kier molecular flexibility index (Phi) is 3.96. The average molecular weight is 302 g/mol. The van der Waals surface area contributed by atoms with E-state index in [2.05, 4.69) is 29.8 Å². The third-order valence-corrected chi connectivity index (χ3v) is 4.88. The standard InChI is InChI=1S/C10H15BrCl2O/c1-9(2)7(11)6-8(13)10(3,14-9)4-5-12/h4-5,7-8H,6H2,1-3H3/b5-4+/t7-,8+,10?/m0/s1. The van der Waals surface area contributed by atoms with Gasteiger partial charge in [0, 0.05) is 10.4 Å². The largest absolute Gasteiger partial charge is 0.363 e. The average Bonchev–Trinajstić information content (AvgIpc) is 2.01. The number of ether oxygens (including phenoxy) is 1. The minimum Gasteiger partial charge on any atom is -0.363 e. The molecule has 0 aromatic carbocycles. The van der Waals surface area contributed by atoms with E-state index in [0.29, 0.717) is 0 Å². The summed E-state index contributed by atoms with van der Waals surface area (Å²) in [6.07, 6.45) is 2.68. The van der Waals surface area contributed by atoms with Crippen LogP contribution < -0.4 is 0 Å². The molecule has 1 fully saturated rings. The smallest absolute Gasteiger partial charge is 0.102 e. The van der Waals surface area contributed by atoms with Gasteiger partial charge in [0.15, 0.2) is 0 Å². The molecule has 0 bridgehead atoms. The second kappa shape index (κ2) is 4.32. The molecule has 1 aliphatic heterocycles. The maximum atomic E-state index is 6.26. The van der Waals surface area contributed by atoms with Crippen LogP contribution in [0.5, 0.6) is 0 Å². The molecule has 0 aromatic heterocycles. The quantitative estimate of drug-likeness (QED) is 0.664. The number of halogens is 3. The molecule has 0 N–H and O–H groups in total. The molecule has 1 saturated heterocycles. The van der Waals surface area contributed by atoms with E-state index in [1.165, 1.54) is 5.54 Å². The van der Waals surface area contributed by atoms with Crippen molar-refractivity contribution in [3.8, 4) is 0 Å². The zero-order valence-electron chi connectivity index (χ0n) is 8.56. The monoisotopic (exact) mass is 300 g/mol. The topological polar surface area (TPSA) is 9.23 Å². The number of rotatable bonds is 1. The summed E-state index contributed by atoms with van der Waals surface area (Å²) in [5.41, 5.74) is 0.771. The molecule has 0 aliphatic carbocycles. The highest BCUT2D eigenvalue weighted by Gasteiger charge is 2.46. The molecular weight excluding hydrogens is 287 g/mol. The van der Waals surface area contributed by atoms with Crippen LogP contribution in [0.3, 0.4) is 0 Å². The van der Waals surface area contributed by atoms with Crippen molar-refractivity contribution in [2.45, 2.75) is 48.6 Å². The minimum atomic E-state index is -0.475. The highest BCUT2D eigenvalue weighted by atomic mass is 79.9. The minimum absolute atomic E-state index is 0.0603. The third kappa shape index (κ3) is 2.46. The first-order valence-electron chi connectivity index (χ1n) is 4.58. The van der Waals surface area contributed by atoms with Crippen LogP contribution in [0.15, 0.2) is 11.6 Å². The predicted octanol–water partition coefficient (Wildman–Crippen LogP) is 4.07. The van der Waals surface area contributed by atoms with Crippen molar-refractivity contribution in [3.63, 3.8) is 0 Å². The molecule has 1 aliphatic rings. The molecule has 1 rings (SSSR count). The highest BCUT2D eigenvalue weighted by molar-refractivity contribution is 9.09. The van der Waals surface area contributed by atoms with Crippen molar-refractivity contribution < 1.29 is 4.74 Å². The fraction of sp³-hybridized carbons (Fsp3) is 0.800. The van der Waals surface area contributed by atoms with Gasteiger partial charge in [-0.15, -0.1) is 11.6 Å². The van der Waals surface area contributed by atoms with Crippen LogP contribution in [0.4, 0.5) is 0 Å². The van der Waals surface area contributed by atoms with Crippen molar-refractivity contribution in [2.75, 3.05) is 0 Å². The second-order valence-corrected chi connectivity index (χ2v) is 6.24. The summed E-state index contributed by atoms with van der Waals surface area (Å²) >= 11 is 15.4. The Morgan fingerprint density at radius 1 is 1.43 bits per heavy atom. The number of alkyl halides is 2. The van der Waals surface area contributed by atoms with Crippen LogP contribution in [0, 0.1) is 0 Å². The summed E-state index contributed by atoms with van der Waals surface area (Å²) in [7, 11) is 0. The van der Waals surface area contributed by atoms with E-state index in [4.69, 9.17) is 27.9 Å². The third-order valence-electron chi connectivity index (χ3n) is 2.67. The van der Waals surface area contributed by atoms with Crippen molar-refractivity contribution >= 4 is 39.1 Å². The first-order chi connectivity index (χ1) is 6.32. The van der Waals surface area contributed by atoms with Gasteiger partial charge >= 0.3 is 0 Å². The Hall–Kier alpha value is 0.760. The van der Waals surface area contributed by atoms with Crippen LogP contribution in [0.1, 0.15) is 27.2 Å². The SMILES string of the molecule is CC1(C)OC(C)(/C=C/Cl)[C@H](Cl)C[C@@H]1Br. The van der Waals surface area contributed by atoms with Crippen molar-refractivity contribution in [3.05, 3.63) is 11.6 Å². The Balaban J connectivity index is 2.89. The highest BCUT2D eigenvalue weighted by Crippen LogP contribution is 2.42. The lowest BCUT2D eigenvalue weighted by atomic mass is 9.87. The summed E-state index contributed by atoms with van der Waals surface area (Å²) in [6.45, 7) is 6.06. The van der Waals surface area contributed by atoms with Crippen molar-refractivity contribution in [1.29, 1.82) is 0 Å². The predicted molar refractivity (Wildman–Crippen MR) is 65.5 cm³/mol. The molecule has 1 nitrogen and oxygen atoms in total. The van der Waals surface area contributed by atoms with Crippen LogP contribution in [0.2, 0.25) is 0 Å². The normalized spacial score (nSPS) is 43.0. The first-order valence-corrected chi connectivity index (χ1v) is 6.37. The van der Waals surface area contributed by atoms with E-state index in [9.17, 15) is 0 Å². The molecule has 0 amide bonds. The molecule has 4 heteroatoms. The lowest BCUT2D eigenvalue weighted by molar-refractivity contribution is -0.131. The molecule has 14 heavy (non-hydrogen) atoms. The summed E-state index contributed by atoms with van der Waals surface area (Å²) in [6, 6.07) is 0. The van der Waals surface area contributed by atoms with Crippen molar-refractivity contribution in [2.24, 2.45) is 0 Å². The lowest BCUT2D eigenvalue weighted by Gasteiger charge is -2.47. The van der Waals surface area contributed by atoms with Gasteiger partial charge in [0.2, 0.25) is 0 Å². The van der Waals surface area contributed by atoms with Crippen LogP contribution in [0.25, 0.3) is 0 Å². The summed E-state index contributed by atoms with van der Waals surface area (Å²) in [4.78, 5) is 0.273. The zero-order valence-corrected chi connectivity index (χ0v) is 11.7. The molecule has 0 spiro atoms. The molecule has 0 radical (unpaired) electrons. The van der Waals surface area contributed by atoms with Gasteiger partial charge in [-0.05, 0) is 33.3 Å². The Labute approximate surface area is 104 Å². The van der Waals surface area contributed by atoms with Crippen LogP contribution in [-0.2, 0) is 4.74 Å². The molecule has 0 saturated carbocycles. The van der Waals surface area contributed by atoms with Gasteiger partial charge < -0.3 is 4.74 Å². The van der Waals surface area contributed by atoms with Crippen LogP contribution in [-0.4, -0.2) is 21.4 Å². The van der Waals surface area contributed by atoms with Gasteiger partial charge in [0.1, 0.15) is 5.60 Å². The summed E-state index contributed by atoms with van der Waals surface area (Å²) < 4.78 is 5.98. The maximum Gasteiger partial charge on any atom is 0.102 e. The van der Waals surface area contributed by atoms with Crippen molar-refractivity contribution in [1.82, 2.24) is 0 Å². The lowest BCUT2D eigenvalue weighted by Crippen LogP contribution is -2.54. The van der Waals surface area contributed by atoms with Gasteiger partial charge in [-0.1, -0.05) is 27.5 Å². The molecule has 3 atom stereocenters. The molecule has 0 aromatic rings.